The third kappa shape index (κ3) is 4.20. The first-order valence-corrected chi connectivity index (χ1v) is 8.20. The first-order valence-electron chi connectivity index (χ1n) is 8.20. The number of piperidine rings is 1. The third-order valence-electron chi connectivity index (χ3n) is 4.76. The lowest BCUT2D eigenvalue weighted by Crippen LogP contribution is -2.46. The van der Waals surface area contributed by atoms with E-state index in [0.717, 1.165) is 37.3 Å². The molecule has 0 aliphatic carbocycles. The standard InChI is InChI=1S/C19H27NO2/c1-4-18-10-11-20(12-15(18)2)19(13-21)16(3)22-14-17-8-6-5-7-9-17/h5-9,13,15,18-19H,3-4,10-12,14H2,1-2H3/t15-,18?,19?/m0/s1. The largest absolute Gasteiger partial charge is 0.492 e. The first-order chi connectivity index (χ1) is 10.7. The van der Waals surface area contributed by atoms with Crippen molar-refractivity contribution >= 4 is 6.29 Å². The van der Waals surface area contributed by atoms with Crippen molar-refractivity contribution in [1.82, 2.24) is 4.90 Å². The number of nitrogens with zero attached hydrogens (tertiary/aromatic N) is 1. The van der Waals surface area contributed by atoms with E-state index >= 15 is 0 Å². The monoisotopic (exact) mass is 301 g/mol. The van der Waals surface area contributed by atoms with Crippen molar-refractivity contribution in [3.05, 3.63) is 48.2 Å². The van der Waals surface area contributed by atoms with E-state index in [9.17, 15) is 4.79 Å². The molecular weight excluding hydrogens is 274 g/mol. The number of likely N-dealkylation sites (tertiary alicyclic amines) is 1. The molecule has 1 heterocycles. The summed E-state index contributed by atoms with van der Waals surface area (Å²) in [4.78, 5) is 13.7. The van der Waals surface area contributed by atoms with Crippen LogP contribution in [0.15, 0.2) is 42.7 Å². The molecule has 0 aromatic heterocycles. The summed E-state index contributed by atoms with van der Waals surface area (Å²) in [5.74, 6) is 1.94. The second-order valence-electron chi connectivity index (χ2n) is 6.25. The Morgan fingerprint density at radius 2 is 2.18 bits per heavy atom. The molecule has 1 aromatic rings. The quantitative estimate of drug-likeness (QED) is 0.569. The molecule has 0 N–H and O–H groups in total. The van der Waals surface area contributed by atoms with Gasteiger partial charge in [0.05, 0.1) is 0 Å². The number of hydrogen-bond donors (Lipinski definition) is 0. The lowest BCUT2D eigenvalue weighted by atomic mass is 9.84. The average Bonchev–Trinajstić information content (AvgIpc) is 2.55. The molecule has 0 amide bonds. The maximum atomic E-state index is 11.5. The molecule has 0 radical (unpaired) electrons. The van der Waals surface area contributed by atoms with Gasteiger partial charge < -0.3 is 9.53 Å². The molecule has 3 atom stereocenters. The summed E-state index contributed by atoms with van der Waals surface area (Å²) >= 11 is 0. The van der Waals surface area contributed by atoms with Crippen LogP contribution in [0, 0.1) is 11.8 Å². The molecule has 22 heavy (non-hydrogen) atoms. The van der Waals surface area contributed by atoms with Crippen LogP contribution in [0.4, 0.5) is 0 Å². The van der Waals surface area contributed by atoms with Crippen LogP contribution >= 0.6 is 0 Å². The maximum absolute atomic E-state index is 11.5. The van der Waals surface area contributed by atoms with E-state index in [1.165, 1.54) is 6.42 Å². The van der Waals surface area contributed by atoms with E-state index in [2.05, 4.69) is 25.3 Å². The van der Waals surface area contributed by atoms with Crippen LogP contribution < -0.4 is 0 Å². The molecule has 1 fully saturated rings. The van der Waals surface area contributed by atoms with Gasteiger partial charge in [-0.3, -0.25) is 4.90 Å². The average molecular weight is 301 g/mol. The van der Waals surface area contributed by atoms with E-state index in [1.54, 1.807) is 0 Å². The van der Waals surface area contributed by atoms with Crippen molar-refractivity contribution in [2.75, 3.05) is 13.1 Å². The van der Waals surface area contributed by atoms with Crippen molar-refractivity contribution in [2.45, 2.75) is 39.3 Å². The Kier molecular flexibility index (Phi) is 6.20. The van der Waals surface area contributed by atoms with Gasteiger partial charge >= 0.3 is 0 Å². The van der Waals surface area contributed by atoms with Crippen LogP contribution in [0.5, 0.6) is 0 Å². The van der Waals surface area contributed by atoms with Crippen molar-refractivity contribution in [1.29, 1.82) is 0 Å². The number of benzene rings is 1. The molecule has 1 aliphatic heterocycles. The zero-order chi connectivity index (χ0) is 15.9. The molecule has 1 aromatic carbocycles. The predicted octanol–water partition coefficient (Wildman–Crippen LogP) is 3.65. The van der Waals surface area contributed by atoms with E-state index < -0.39 is 0 Å². The van der Waals surface area contributed by atoms with Gasteiger partial charge in [-0.05, 0) is 30.4 Å². The molecular formula is C19H27NO2. The van der Waals surface area contributed by atoms with Crippen molar-refractivity contribution in [3.63, 3.8) is 0 Å². The van der Waals surface area contributed by atoms with Gasteiger partial charge in [-0.15, -0.1) is 0 Å². The Labute approximate surface area is 134 Å². The van der Waals surface area contributed by atoms with Gasteiger partial charge in [0.25, 0.3) is 0 Å². The fourth-order valence-corrected chi connectivity index (χ4v) is 3.29. The summed E-state index contributed by atoms with van der Waals surface area (Å²) in [6, 6.07) is 9.64. The van der Waals surface area contributed by atoms with Gasteiger partial charge in [0, 0.05) is 6.54 Å². The Hall–Kier alpha value is -1.61. The Balaban J connectivity index is 1.90. The molecule has 3 heteroatoms. The van der Waals surface area contributed by atoms with Crippen LogP contribution in [-0.2, 0) is 16.1 Å². The van der Waals surface area contributed by atoms with Crippen LogP contribution in [0.2, 0.25) is 0 Å². The summed E-state index contributed by atoms with van der Waals surface area (Å²) in [6.45, 7) is 10.9. The minimum absolute atomic E-state index is 0.330. The number of ether oxygens (including phenoxy) is 1. The van der Waals surface area contributed by atoms with Gasteiger partial charge in [0.1, 0.15) is 24.7 Å². The van der Waals surface area contributed by atoms with Gasteiger partial charge in [-0.1, -0.05) is 57.2 Å². The SMILES string of the molecule is C=C(OCc1ccccc1)C(C=O)N1CCC(CC)[C@@H](C)C1. The molecule has 1 aliphatic rings. The Morgan fingerprint density at radius 1 is 1.45 bits per heavy atom. The van der Waals surface area contributed by atoms with Gasteiger partial charge in [-0.25, -0.2) is 0 Å². The zero-order valence-corrected chi connectivity index (χ0v) is 13.7. The van der Waals surface area contributed by atoms with E-state index in [-0.39, 0.29) is 6.04 Å². The molecule has 120 valence electrons. The topological polar surface area (TPSA) is 29.5 Å². The number of rotatable bonds is 7. The first kappa shape index (κ1) is 16.8. The Bertz CT molecular complexity index is 485. The normalized spacial score (nSPS) is 23.7. The highest BCUT2D eigenvalue weighted by Crippen LogP contribution is 2.28. The number of aldehydes is 1. The minimum Gasteiger partial charge on any atom is -0.492 e. The van der Waals surface area contributed by atoms with Gasteiger partial charge in [-0.2, -0.15) is 0 Å². The lowest BCUT2D eigenvalue weighted by molar-refractivity contribution is -0.113. The van der Waals surface area contributed by atoms with Crippen LogP contribution in [0.1, 0.15) is 32.3 Å². The number of carbonyl (C=O) groups is 1. The Morgan fingerprint density at radius 3 is 2.77 bits per heavy atom. The minimum atomic E-state index is -0.330. The highest BCUT2D eigenvalue weighted by molar-refractivity contribution is 5.62. The van der Waals surface area contributed by atoms with Gasteiger partial charge in [0.2, 0.25) is 0 Å². The molecule has 0 saturated carbocycles. The van der Waals surface area contributed by atoms with Crippen LogP contribution in [0.3, 0.4) is 0 Å². The highest BCUT2D eigenvalue weighted by Gasteiger charge is 2.30. The second-order valence-corrected chi connectivity index (χ2v) is 6.25. The molecule has 3 nitrogen and oxygen atoms in total. The molecule has 2 rings (SSSR count). The molecule has 0 spiro atoms. The summed E-state index contributed by atoms with van der Waals surface area (Å²) < 4.78 is 5.76. The lowest BCUT2D eigenvalue weighted by Gasteiger charge is -2.39. The van der Waals surface area contributed by atoms with E-state index in [1.807, 2.05) is 30.3 Å². The van der Waals surface area contributed by atoms with E-state index in [0.29, 0.717) is 18.3 Å². The molecule has 2 unspecified atom stereocenters. The predicted molar refractivity (Wildman–Crippen MR) is 89.4 cm³/mol. The summed E-state index contributed by atoms with van der Waals surface area (Å²) in [7, 11) is 0. The van der Waals surface area contributed by atoms with Crippen molar-refractivity contribution < 1.29 is 9.53 Å². The smallest absolute Gasteiger partial charge is 0.144 e. The maximum Gasteiger partial charge on any atom is 0.144 e. The fourth-order valence-electron chi connectivity index (χ4n) is 3.29. The highest BCUT2D eigenvalue weighted by atomic mass is 16.5. The summed E-state index contributed by atoms with van der Waals surface area (Å²) in [6.07, 6.45) is 3.33. The summed E-state index contributed by atoms with van der Waals surface area (Å²) in [5.41, 5.74) is 1.09. The second kappa shape index (κ2) is 8.14. The number of carbonyl (C=O) groups excluding carboxylic acids is 1. The third-order valence-corrected chi connectivity index (χ3v) is 4.76. The molecule has 0 bridgehead atoms. The van der Waals surface area contributed by atoms with Gasteiger partial charge in [0.15, 0.2) is 0 Å². The summed E-state index contributed by atoms with van der Waals surface area (Å²) in [5, 5.41) is 0. The van der Waals surface area contributed by atoms with E-state index in [4.69, 9.17) is 4.74 Å². The number of hydrogen-bond acceptors (Lipinski definition) is 3. The van der Waals surface area contributed by atoms with Crippen LogP contribution in [-0.4, -0.2) is 30.3 Å². The van der Waals surface area contributed by atoms with Crippen LogP contribution in [0.25, 0.3) is 0 Å². The zero-order valence-electron chi connectivity index (χ0n) is 13.7. The molecule has 1 saturated heterocycles. The van der Waals surface area contributed by atoms with Crippen molar-refractivity contribution in [2.24, 2.45) is 11.8 Å². The fraction of sp³-hybridized carbons (Fsp3) is 0.526. The van der Waals surface area contributed by atoms with Crippen molar-refractivity contribution in [3.8, 4) is 0 Å².